The van der Waals surface area contributed by atoms with E-state index in [1.165, 1.54) is 0 Å². The number of nitrogens with zero attached hydrogens (tertiary/aromatic N) is 1. The van der Waals surface area contributed by atoms with Gasteiger partial charge in [0.1, 0.15) is 5.75 Å². The van der Waals surface area contributed by atoms with Crippen LogP contribution in [0, 0.1) is 12.3 Å². The molecule has 0 aromatic heterocycles. The fourth-order valence-electron chi connectivity index (χ4n) is 1.36. The summed E-state index contributed by atoms with van der Waals surface area (Å²) in [5, 5.41) is 4.08. The van der Waals surface area contributed by atoms with Crippen molar-refractivity contribution < 1.29 is 9.53 Å². The fourth-order valence-corrected chi connectivity index (χ4v) is 2.91. The van der Waals surface area contributed by atoms with Gasteiger partial charge in [-0.1, -0.05) is 36.7 Å². The Balaban J connectivity index is 2.63. The molecule has 0 spiro atoms. The fraction of sp³-hybridized carbons (Fsp3) is 0.467. The zero-order chi connectivity index (χ0) is 16.2. The number of halogens is 2. The highest BCUT2D eigenvalue weighted by molar-refractivity contribution is 9.11. The molecule has 0 fully saturated rings. The standard InChI is InChI=1S/C15H20Br2N2O2/c1-9-6-11(16)7-12(17)14(9)21-8-13(20)19-18-10(2)15(3,4)5/h6-7H,8H2,1-5H3,(H,19,20)/b18-10+. The van der Waals surface area contributed by atoms with E-state index < -0.39 is 0 Å². The monoisotopic (exact) mass is 418 g/mol. The lowest BCUT2D eigenvalue weighted by Gasteiger charge is -2.17. The average molecular weight is 420 g/mol. The molecule has 1 aromatic carbocycles. The Hall–Kier alpha value is -0.880. The normalized spacial score (nSPS) is 12.2. The molecule has 0 radical (unpaired) electrons. The van der Waals surface area contributed by atoms with Crippen molar-refractivity contribution in [2.45, 2.75) is 34.6 Å². The molecule has 0 unspecified atom stereocenters. The van der Waals surface area contributed by atoms with Gasteiger partial charge in [0.15, 0.2) is 6.61 Å². The number of hydrogen-bond donors (Lipinski definition) is 1. The Labute approximate surface area is 142 Å². The second-order valence-corrected chi connectivity index (χ2v) is 7.57. The van der Waals surface area contributed by atoms with Crippen LogP contribution in [0.1, 0.15) is 33.3 Å². The van der Waals surface area contributed by atoms with Crippen LogP contribution in [0.4, 0.5) is 0 Å². The van der Waals surface area contributed by atoms with Crippen molar-refractivity contribution in [3.8, 4) is 5.75 Å². The van der Waals surface area contributed by atoms with E-state index in [0.717, 1.165) is 20.2 Å². The van der Waals surface area contributed by atoms with E-state index in [-0.39, 0.29) is 17.9 Å². The maximum Gasteiger partial charge on any atom is 0.277 e. The maximum absolute atomic E-state index is 11.8. The highest BCUT2D eigenvalue weighted by atomic mass is 79.9. The summed E-state index contributed by atoms with van der Waals surface area (Å²) in [6.07, 6.45) is 0. The van der Waals surface area contributed by atoms with Crippen LogP contribution in [0.3, 0.4) is 0 Å². The lowest BCUT2D eigenvalue weighted by atomic mass is 9.91. The second kappa shape index (κ2) is 7.40. The Morgan fingerprint density at radius 2 is 1.95 bits per heavy atom. The first-order chi connectivity index (χ1) is 9.61. The predicted octanol–water partition coefficient (Wildman–Crippen LogP) is 4.44. The van der Waals surface area contributed by atoms with Crippen LogP contribution in [-0.4, -0.2) is 18.2 Å². The van der Waals surface area contributed by atoms with Crippen LogP contribution in [0.25, 0.3) is 0 Å². The first kappa shape index (κ1) is 18.2. The smallest absolute Gasteiger partial charge is 0.277 e. The van der Waals surface area contributed by atoms with Gasteiger partial charge in [-0.15, -0.1) is 0 Å². The van der Waals surface area contributed by atoms with E-state index in [2.05, 4.69) is 42.4 Å². The van der Waals surface area contributed by atoms with Gasteiger partial charge in [-0.25, -0.2) is 5.43 Å². The molecular weight excluding hydrogens is 400 g/mol. The molecule has 6 heteroatoms. The van der Waals surface area contributed by atoms with Gasteiger partial charge in [0.2, 0.25) is 0 Å². The molecule has 0 saturated carbocycles. The molecular formula is C15H20Br2N2O2. The first-order valence-electron chi connectivity index (χ1n) is 6.53. The Kier molecular flexibility index (Phi) is 6.41. The SMILES string of the molecule is C/C(=N\NC(=O)COc1c(C)cc(Br)cc1Br)C(C)(C)C. The number of aryl methyl sites for hydroxylation is 1. The number of nitrogens with one attached hydrogen (secondary N) is 1. The summed E-state index contributed by atoms with van der Waals surface area (Å²) in [4.78, 5) is 11.8. The minimum absolute atomic E-state index is 0.0700. The van der Waals surface area contributed by atoms with Crippen molar-refractivity contribution in [3.63, 3.8) is 0 Å². The summed E-state index contributed by atoms with van der Waals surface area (Å²) in [6, 6.07) is 3.81. The molecule has 4 nitrogen and oxygen atoms in total. The van der Waals surface area contributed by atoms with E-state index in [0.29, 0.717) is 5.75 Å². The third-order valence-electron chi connectivity index (χ3n) is 2.98. The lowest BCUT2D eigenvalue weighted by molar-refractivity contribution is -0.123. The van der Waals surface area contributed by atoms with Crippen molar-refractivity contribution in [2.75, 3.05) is 6.61 Å². The van der Waals surface area contributed by atoms with Crippen molar-refractivity contribution >= 4 is 43.5 Å². The molecule has 1 amide bonds. The third-order valence-corrected chi connectivity index (χ3v) is 4.02. The van der Waals surface area contributed by atoms with Gasteiger partial charge in [0.25, 0.3) is 5.91 Å². The molecule has 0 aliphatic heterocycles. The summed E-state index contributed by atoms with van der Waals surface area (Å²) < 4.78 is 7.31. The minimum atomic E-state index is -0.284. The maximum atomic E-state index is 11.8. The molecule has 0 aliphatic carbocycles. The van der Waals surface area contributed by atoms with Gasteiger partial charge >= 0.3 is 0 Å². The van der Waals surface area contributed by atoms with Crippen LogP contribution in [0.5, 0.6) is 5.75 Å². The molecule has 0 saturated heterocycles. The van der Waals surface area contributed by atoms with Crippen molar-refractivity contribution in [1.29, 1.82) is 0 Å². The highest BCUT2D eigenvalue weighted by Gasteiger charge is 2.15. The lowest BCUT2D eigenvalue weighted by Crippen LogP contribution is -2.28. The van der Waals surface area contributed by atoms with E-state index >= 15 is 0 Å². The molecule has 21 heavy (non-hydrogen) atoms. The largest absolute Gasteiger partial charge is 0.482 e. The number of hydrogen-bond acceptors (Lipinski definition) is 3. The van der Waals surface area contributed by atoms with Gasteiger partial charge in [-0.3, -0.25) is 4.79 Å². The quantitative estimate of drug-likeness (QED) is 0.579. The number of carbonyl (C=O) groups excluding carboxylic acids is 1. The number of benzene rings is 1. The summed E-state index contributed by atoms with van der Waals surface area (Å²) in [7, 11) is 0. The molecule has 0 atom stereocenters. The van der Waals surface area contributed by atoms with E-state index in [4.69, 9.17) is 4.74 Å². The van der Waals surface area contributed by atoms with Crippen LogP contribution < -0.4 is 10.2 Å². The topological polar surface area (TPSA) is 50.7 Å². The molecule has 1 rings (SSSR count). The Morgan fingerprint density at radius 3 is 2.48 bits per heavy atom. The molecule has 116 valence electrons. The van der Waals surface area contributed by atoms with Crippen LogP contribution in [0.2, 0.25) is 0 Å². The number of amides is 1. The molecule has 1 N–H and O–H groups in total. The van der Waals surface area contributed by atoms with Gasteiger partial charge in [0.05, 0.1) is 4.47 Å². The second-order valence-electron chi connectivity index (χ2n) is 5.80. The van der Waals surface area contributed by atoms with Gasteiger partial charge in [-0.05, 0) is 47.5 Å². The van der Waals surface area contributed by atoms with E-state index in [9.17, 15) is 4.79 Å². The highest BCUT2D eigenvalue weighted by Crippen LogP contribution is 2.32. The van der Waals surface area contributed by atoms with Crippen molar-refractivity contribution in [2.24, 2.45) is 10.5 Å². The zero-order valence-electron chi connectivity index (χ0n) is 12.9. The number of rotatable bonds is 4. The van der Waals surface area contributed by atoms with Gasteiger partial charge in [0, 0.05) is 15.6 Å². The van der Waals surface area contributed by atoms with E-state index in [1.54, 1.807) is 0 Å². The van der Waals surface area contributed by atoms with Crippen molar-refractivity contribution in [1.82, 2.24) is 5.43 Å². The molecule has 0 heterocycles. The predicted molar refractivity (Wildman–Crippen MR) is 92.8 cm³/mol. The first-order valence-corrected chi connectivity index (χ1v) is 8.12. The Morgan fingerprint density at radius 1 is 1.33 bits per heavy atom. The summed E-state index contributed by atoms with van der Waals surface area (Å²) in [5.41, 5.74) is 4.24. The van der Waals surface area contributed by atoms with Crippen molar-refractivity contribution in [3.05, 3.63) is 26.6 Å². The van der Waals surface area contributed by atoms with E-state index in [1.807, 2.05) is 46.8 Å². The molecule has 1 aromatic rings. The third kappa shape index (κ3) is 5.79. The minimum Gasteiger partial charge on any atom is -0.482 e. The van der Waals surface area contributed by atoms with Gasteiger partial charge < -0.3 is 4.74 Å². The number of ether oxygens (including phenoxy) is 1. The van der Waals surface area contributed by atoms with Crippen LogP contribution >= 0.6 is 31.9 Å². The molecule has 0 bridgehead atoms. The number of hydrazone groups is 1. The number of carbonyl (C=O) groups is 1. The van der Waals surface area contributed by atoms with Crippen LogP contribution in [0.15, 0.2) is 26.2 Å². The molecule has 0 aliphatic rings. The summed E-state index contributed by atoms with van der Waals surface area (Å²) in [5.74, 6) is 0.373. The zero-order valence-corrected chi connectivity index (χ0v) is 16.1. The summed E-state index contributed by atoms with van der Waals surface area (Å²) in [6.45, 7) is 9.84. The average Bonchev–Trinajstić information content (AvgIpc) is 2.33. The van der Waals surface area contributed by atoms with Gasteiger partial charge in [-0.2, -0.15) is 5.10 Å². The van der Waals surface area contributed by atoms with Crippen LogP contribution in [-0.2, 0) is 4.79 Å². The Bertz CT molecular complexity index is 540. The summed E-state index contributed by atoms with van der Waals surface area (Å²) >= 11 is 6.83.